The molecule has 0 aromatic heterocycles. The van der Waals surface area contributed by atoms with E-state index in [0.29, 0.717) is 18.1 Å². The van der Waals surface area contributed by atoms with E-state index in [-0.39, 0.29) is 11.6 Å². The first-order valence-electron chi connectivity index (χ1n) is 9.67. The van der Waals surface area contributed by atoms with Gasteiger partial charge in [-0.25, -0.2) is 9.79 Å². The van der Waals surface area contributed by atoms with E-state index in [1.165, 1.54) is 0 Å². The number of hydrogen-bond acceptors (Lipinski definition) is 5. The summed E-state index contributed by atoms with van der Waals surface area (Å²) in [7, 11) is 1.59. The van der Waals surface area contributed by atoms with E-state index in [1.807, 2.05) is 67.6 Å². The molecule has 1 aliphatic heterocycles. The molecule has 1 aliphatic rings. The standard InChI is InChI=1S/C25H20BrNO4/c1-16-6-3-4-7-19(16)15-30-23-13-17(10-11-22(23)29-2)12-21-25(28)31-24(27-21)18-8-5-9-20(26)14-18/h3-14H,15H2,1-2H3/b21-12+. The lowest BCUT2D eigenvalue weighted by molar-refractivity contribution is -0.129. The van der Waals surface area contributed by atoms with Gasteiger partial charge in [-0.2, -0.15) is 0 Å². The third-order valence-electron chi connectivity index (χ3n) is 4.83. The molecule has 0 radical (unpaired) electrons. The fourth-order valence-corrected chi connectivity index (χ4v) is 3.53. The van der Waals surface area contributed by atoms with Crippen LogP contribution in [0.2, 0.25) is 0 Å². The summed E-state index contributed by atoms with van der Waals surface area (Å²) < 4.78 is 17.7. The van der Waals surface area contributed by atoms with Crippen LogP contribution < -0.4 is 9.47 Å². The highest BCUT2D eigenvalue weighted by Crippen LogP contribution is 2.31. The molecule has 0 aliphatic carbocycles. The van der Waals surface area contributed by atoms with E-state index in [0.717, 1.165) is 26.7 Å². The topological polar surface area (TPSA) is 57.1 Å². The lowest BCUT2D eigenvalue weighted by Crippen LogP contribution is -2.05. The quantitative estimate of drug-likeness (QED) is 0.338. The van der Waals surface area contributed by atoms with Crippen molar-refractivity contribution in [2.45, 2.75) is 13.5 Å². The molecular formula is C25H20BrNO4. The number of hydrogen-bond donors (Lipinski definition) is 0. The van der Waals surface area contributed by atoms with Crippen molar-refractivity contribution < 1.29 is 19.0 Å². The summed E-state index contributed by atoms with van der Waals surface area (Å²) in [6.45, 7) is 2.46. The van der Waals surface area contributed by atoms with Gasteiger partial charge in [0.25, 0.3) is 0 Å². The van der Waals surface area contributed by atoms with Gasteiger partial charge in [-0.3, -0.25) is 0 Å². The third-order valence-corrected chi connectivity index (χ3v) is 5.32. The highest BCUT2D eigenvalue weighted by Gasteiger charge is 2.24. The molecule has 0 amide bonds. The first-order valence-corrected chi connectivity index (χ1v) is 10.5. The van der Waals surface area contributed by atoms with E-state index in [4.69, 9.17) is 14.2 Å². The van der Waals surface area contributed by atoms with Gasteiger partial charge >= 0.3 is 5.97 Å². The van der Waals surface area contributed by atoms with Gasteiger partial charge in [0.2, 0.25) is 5.90 Å². The Morgan fingerprint density at radius 2 is 1.87 bits per heavy atom. The summed E-state index contributed by atoms with van der Waals surface area (Å²) in [5.74, 6) is 0.987. The van der Waals surface area contributed by atoms with Crippen LogP contribution in [0.4, 0.5) is 0 Å². The van der Waals surface area contributed by atoms with Crippen LogP contribution in [0.1, 0.15) is 22.3 Å². The second-order valence-corrected chi connectivity index (χ2v) is 7.89. The van der Waals surface area contributed by atoms with Gasteiger partial charge in [-0.05, 0) is 60.0 Å². The Hall–Kier alpha value is -3.38. The number of aliphatic imine (C=N–C) groups is 1. The Balaban J connectivity index is 1.59. The molecule has 0 unspecified atom stereocenters. The lowest BCUT2D eigenvalue weighted by Gasteiger charge is -2.12. The maximum absolute atomic E-state index is 12.3. The molecule has 0 bridgehead atoms. The van der Waals surface area contributed by atoms with Crippen LogP contribution in [0.5, 0.6) is 11.5 Å². The number of nitrogens with zero attached hydrogens (tertiary/aromatic N) is 1. The average molecular weight is 478 g/mol. The Morgan fingerprint density at radius 1 is 1.03 bits per heavy atom. The van der Waals surface area contributed by atoms with E-state index >= 15 is 0 Å². The van der Waals surface area contributed by atoms with Crippen LogP contribution in [0, 0.1) is 6.92 Å². The molecule has 0 N–H and O–H groups in total. The predicted octanol–water partition coefficient (Wildman–Crippen LogP) is 5.69. The van der Waals surface area contributed by atoms with Gasteiger partial charge < -0.3 is 14.2 Å². The van der Waals surface area contributed by atoms with Gasteiger partial charge in [0.05, 0.1) is 7.11 Å². The highest BCUT2D eigenvalue weighted by atomic mass is 79.9. The lowest BCUT2D eigenvalue weighted by atomic mass is 10.1. The summed E-state index contributed by atoms with van der Waals surface area (Å²) in [4.78, 5) is 16.7. The fraction of sp³-hybridized carbons (Fsp3) is 0.120. The number of cyclic esters (lactones) is 1. The Kier molecular flexibility index (Phi) is 6.18. The number of halogens is 1. The number of esters is 1. The summed E-state index contributed by atoms with van der Waals surface area (Å²) >= 11 is 3.41. The van der Waals surface area contributed by atoms with E-state index in [9.17, 15) is 4.79 Å². The number of rotatable bonds is 6. The van der Waals surface area contributed by atoms with Crippen molar-refractivity contribution >= 4 is 33.9 Å². The second kappa shape index (κ2) is 9.18. The minimum Gasteiger partial charge on any atom is -0.493 e. The molecule has 31 heavy (non-hydrogen) atoms. The zero-order valence-corrected chi connectivity index (χ0v) is 18.7. The Bertz CT molecular complexity index is 1200. The fourth-order valence-electron chi connectivity index (χ4n) is 3.14. The van der Waals surface area contributed by atoms with Gasteiger partial charge in [-0.15, -0.1) is 0 Å². The second-order valence-electron chi connectivity index (χ2n) is 6.97. The molecule has 3 aromatic rings. The SMILES string of the molecule is COc1ccc(/C=C2/N=C(c3cccc(Br)c3)OC2=O)cc1OCc1ccccc1C. The summed E-state index contributed by atoms with van der Waals surface area (Å²) in [6, 6.07) is 21.0. The maximum atomic E-state index is 12.3. The van der Waals surface area contributed by atoms with Crippen molar-refractivity contribution in [3.8, 4) is 11.5 Å². The van der Waals surface area contributed by atoms with Gasteiger partial charge in [0.1, 0.15) is 6.61 Å². The van der Waals surface area contributed by atoms with Crippen LogP contribution in [0.25, 0.3) is 6.08 Å². The van der Waals surface area contributed by atoms with Crippen LogP contribution in [-0.4, -0.2) is 19.0 Å². The molecule has 4 rings (SSSR count). The van der Waals surface area contributed by atoms with Gasteiger partial charge in [-0.1, -0.05) is 52.3 Å². The summed E-state index contributed by atoms with van der Waals surface area (Å²) in [6.07, 6.45) is 1.67. The Morgan fingerprint density at radius 3 is 2.65 bits per heavy atom. The van der Waals surface area contributed by atoms with Crippen molar-refractivity contribution in [2.75, 3.05) is 7.11 Å². The monoisotopic (exact) mass is 477 g/mol. The van der Waals surface area contributed by atoms with E-state index in [1.54, 1.807) is 19.3 Å². The maximum Gasteiger partial charge on any atom is 0.363 e. The van der Waals surface area contributed by atoms with Gasteiger partial charge in [0.15, 0.2) is 17.2 Å². The zero-order valence-electron chi connectivity index (χ0n) is 17.1. The van der Waals surface area contributed by atoms with Crippen LogP contribution in [0.3, 0.4) is 0 Å². The molecule has 0 saturated carbocycles. The van der Waals surface area contributed by atoms with Crippen molar-refractivity contribution in [3.05, 3.63) is 99.2 Å². The molecular weight excluding hydrogens is 458 g/mol. The Labute approximate surface area is 189 Å². The molecule has 6 heteroatoms. The minimum absolute atomic E-state index is 0.227. The van der Waals surface area contributed by atoms with E-state index in [2.05, 4.69) is 20.9 Å². The minimum atomic E-state index is -0.492. The average Bonchev–Trinajstić information content (AvgIpc) is 3.13. The van der Waals surface area contributed by atoms with Crippen LogP contribution in [-0.2, 0) is 16.1 Å². The highest BCUT2D eigenvalue weighted by molar-refractivity contribution is 9.10. The predicted molar refractivity (Wildman–Crippen MR) is 123 cm³/mol. The number of methoxy groups -OCH3 is 1. The smallest absolute Gasteiger partial charge is 0.363 e. The number of aryl methyl sites for hydroxylation is 1. The summed E-state index contributed by atoms with van der Waals surface area (Å²) in [5.41, 5.74) is 3.96. The first kappa shape index (κ1) is 20.9. The van der Waals surface area contributed by atoms with Crippen LogP contribution in [0.15, 0.2) is 81.9 Å². The zero-order chi connectivity index (χ0) is 21.8. The first-order chi connectivity index (χ1) is 15.0. The van der Waals surface area contributed by atoms with Crippen molar-refractivity contribution in [1.29, 1.82) is 0 Å². The van der Waals surface area contributed by atoms with E-state index < -0.39 is 5.97 Å². The summed E-state index contributed by atoms with van der Waals surface area (Å²) in [5, 5.41) is 0. The normalized spacial score (nSPS) is 14.4. The molecule has 0 spiro atoms. The molecule has 0 atom stereocenters. The largest absolute Gasteiger partial charge is 0.493 e. The number of carbonyl (C=O) groups is 1. The van der Waals surface area contributed by atoms with Crippen molar-refractivity contribution in [3.63, 3.8) is 0 Å². The molecule has 3 aromatic carbocycles. The van der Waals surface area contributed by atoms with Gasteiger partial charge in [0, 0.05) is 10.0 Å². The molecule has 1 heterocycles. The van der Waals surface area contributed by atoms with Crippen LogP contribution >= 0.6 is 15.9 Å². The third kappa shape index (κ3) is 4.86. The molecule has 5 nitrogen and oxygen atoms in total. The molecule has 0 fully saturated rings. The number of carbonyl (C=O) groups excluding carboxylic acids is 1. The van der Waals surface area contributed by atoms with Crippen molar-refractivity contribution in [2.24, 2.45) is 4.99 Å². The molecule has 0 saturated heterocycles. The number of benzene rings is 3. The number of ether oxygens (including phenoxy) is 3. The molecule has 156 valence electrons. The van der Waals surface area contributed by atoms with Crippen molar-refractivity contribution in [1.82, 2.24) is 0 Å².